The number of fused-ring (bicyclic) bond motifs is 1. The summed E-state index contributed by atoms with van der Waals surface area (Å²) in [6.45, 7) is 11.3. The molecular weight excluding hydrogens is 312 g/mol. The van der Waals surface area contributed by atoms with Crippen LogP contribution in [0.5, 0.6) is 0 Å². The number of carbonyl (C=O) groups excluding carboxylic acids is 1. The Labute approximate surface area is 130 Å². The fourth-order valence-corrected chi connectivity index (χ4v) is 3.28. The van der Waals surface area contributed by atoms with Crippen molar-refractivity contribution in [2.75, 3.05) is 0 Å². The van der Waals surface area contributed by atoms with Crippen LogP contribution in [0.1, 0.15) is 64.2 Å². The maximum atomic E-state index is 10.9. The van der Waals surface area contributed by atoms with E-state index in [4.69, 9.17) is 0 Å². The SMILES string of the molecule is CC(=C(Br)C=O)c1ccc2c(c1)C(C)(C)CCC2(C)C. The van der Waals surface area contributed by atoms with Gasteiger partial charge in [-0.25, -0.2) is 0 Å². The van der Waals surface area contributed by atoms with Crippen molar-refractivity contribution in [3.63, 3.8) is 0 Å². The lowest BCUT2D eigenvalue weighted by atomic mass is 9.63. The molecule has 0 heterocycles. The molecule has 2 rings (SSSR count). The average Bonchev–Trinajstić information content (AvgIpc) is 2.42. The van der Waals surface area contributed by atoms with Crippen LogP contribution in [0, 0.1) is 0 Å². The van der Waals surface area contributed by atoms with Crippen LogP contribution < -0.4 is 0 Å². The maximum absolute atomic E-state index is 10.9. The molecule has 0 unspecified atom stereocenters. The zero-order valence-corrected chi connectivity index (χ0v) is 14.6. The molecule has 0 saturated heterocycles. The molecule has 1 aliphatic rings. The highest BCUT2D eigenvalue weighted by atomic mass is 79.9. The maximum Gasteiger partial charge on any atom is 0.157 e. The second kappa shape index (κ2) is 5.14. The first-order valence-corrected chi connectivity index (χ1v) is 7.95. The van der Waals surface area contributed by atoms with Gasteiger partial charge in [-0.2, -0.15) is 0 Å². The van der Waals surface area contributed by atoms with Gasteiger partial charge in [0.1, 0.15) is 0 Å². The molecule has 108 valence electrons. The van der Waals surface area contributed by atoms with E-state index in [1.54, 1.807) is 0 Å². The normalized spacial score (nSPS) is 20.9. The van der Waals surface area contributed by atoms with E-state index >= 15 is 0 Å². The second-order valence-corrected chi connectivity index (χ2v) is 7.97. The molecule has 0 bridgehead atoms. The smallest absolute Gasteiger partial charge is 0.157 e. The second-order valence-electron chi connectivity index (χ2n) is 7.12. The quantitative estimate of drug-likeness (QED) is 0.525. The van der Waals surface area contributed by atoms with E-state index in [9.17, 15) is 4.79 Å². The highest BCUT2D eigenvalue weighted by molar-refractivity contribution is 9.12. The number of aldehydes is 1. The average molecular weight is 335 g/mol. The fraction of sp³-hybridized carbons (Fsp3) is 0.500. The lowest BCUT2D eigenvalue weighted by Gasteiger charge is -2.42. The Balaban J connectivity index is 2.63. The number of rotatable bonds is 2. The molecule has 0 saturated carbocycles. The summed E-state index contributed by atoms with van der Waals surface area (Å²) in [6, 6.07) is 6.67. The van der Waals surface area contributed by atoms with Crippen molar-refractivity contribution < 1.29 is 4.79 Å². The Morgan fingerprint density at radius 3 is 2.20 bits per heavy atom. The summed E-state index contributed by atoms with van der Waals surface area (Å²) in [5, 5.41) is 0. The fourth-order valence-electron chi connectivity index (χ4n) is 3.05. The van der Waals surface area contributed by atoms with Crippen molar-refractivity contribution in [1.82, 2.24) is 0 Å². The summed E-state index contributed by atoms with van der Waals surface area (Å²) in [5.41, 5.74) is 5.46. The zero-order chi connectivity index (χ0) is 15.1. The van der Waals surface area contributed by atoms with Gasteiger partial charge in [0.2, 0.25) is 0 Å². The van der Waals surface area contributed by atoms with E-state index in [-0.39, 0.29) is 10.8 Å². The van der Waals surface area contributed by atoms with Gasteiger partial charge in [0.25, 0.3) is 0 Å². The van der Waals surface area contributed by atoms with E-state index in [1.165, 1.54) is 24.0 Å². The molecule has 1 aromatic rings. The predicted molar refractivity (Wildman–Crippen MR) is 89.3 cm³/mol. The van der Waals surface area contributed by atoms with Crippen LogP contribution in [0.25, 0.3) is 5.57 Å². The molecule has 0 spiro atoms. The summed E-state index contributed by atoms with van der Waals surface area (Å²) in [4.78, 5) is 10.9. The van der Waals surface area contributed by atoms with Crippen LogP contribution in [0.2, 0.25) is 0 Å². The van der Waals surface area contributed by atoms with E-state index in [2.05, 4.69) is 61.8 Å². The van der Waals surface area contributed by atoms with E-state index < -0.39 is 0 Å². The lowest BCUT2D eigenvalue weighted by Crippen LogP contribution is -2.33. The summed E-state index contributed by atoms with van der Waals surface area (Å²) in [6.07, 6.45) is 3.29. The minimum atomic E-state index is 0.203. The Kier molecular flexibility index (Phi) is 3.98. The minimum Gasteiger partial charge on any atom is -0.297 e. The topological polar surface area (TPSA) is 17.1 Å². The van der Waals surface area contributed by atoms with Gasteiger partial charge >= 0.3 is 0 Å². The van der Waals surface area contributed by atoms with Crippen LogP contribution in [0.15, 0.2) is 22.7 Å². The molecule has 0 atom stereocenters. The van der Waals surface area contributed by atoms with E-state index in [0.29, 0.717) is 4.48 Å². The summed E-state index contributed by atoms with van der Waals surface area (Å²) in [7, 11) is 0. The van der Waals surface area contributed by atoms with Gasteiger partial charge < -0.3 is 0 Å². The molecular formula is C18H23BrO. The lowest BCUT2D eigenvalue weighted by molar-refractivity contribution is -0.104. The Morgan fingerprint density at radius 2 is 1.65 bits per heavy atom. The summed E-state index contributed by atoms with van der Waals surface area (Å²) >= 11 is 3.34. The van der Waals surface area contributed by atoms with Crippen LogP contribution in [-0.2, 0) is 15.6 Å². The minimum absolute atomic E-state index is 0.203. The van der Waals surface area contributed by atoms with E-state index in [1.807, 2.05) is 6.92 Å². The van der Waals surface area contributed by atoms with Gasteiger partial charge in [0.05, 0.1) is 4.48 Å². The number of hydrogen-bond donors (Lipinski definition) is 0. The van der Waals surface area contributed by atoms with Crippen molar-refractivity contribution in [1.29, 1.82) is 0 Å². The molecule has 0 aromatic heterocycles. The van der Waals surface area contributed by atoms with Crippen LogP contribution in [-0.4, -0.2) is 6.29 Å². The molecule has 0 aliphatic heterocycles. The number of benzene rings is 1. The van der Waals surface area contributed by atoms with Crippen LogP contribution in [0.4, 0.5) is 0 Å². The van der Waals surface area contributed by atoms with Crippen molar-refractivity contribution in [2.45, 2.75) is 58.3 Å². The third-order valence-corrected chi connectivity index (χ3v) is 5.53. The number of allylic oxidation sites excluding steroid dienone is 2. The monoisotopic (exact) mass is 334 g/mol. The Hall–Kier alpha value is -0.890. The number of carbonyl (C=O) groups is 1. The molecule has 20 heavy (non-hydrogen) atoms. The molecule has 0 amide bonds. The third-order valence-electron chi connectivity index (χ3n) is 4.75. The Bertz CT molecular complexity index is 579. The van der Waals surface area contributed by atoms with E-state index in [0.717, 1.165) is 17.4 Å². The zero-order valence-electron chi connectivity index (χ0n) is 13.0. The molecule has 1 nitrogen and oxygen atoms in total. The summed E-state index contributed by atoms with van der Waals surface area (Å²) in [5.74, 6) is 0. The standard InChI is InChI=1S/C18H23BrO/c1-12(16(19)11-20)13-6-7-14-15(10-13)18(4,5)9-8-17(14,2)3/h6-7,10-11H,8-9H2,1-5H3. The Morgan fingerprint density at radius 1 is 1.10 bits per heavy atom. The van der Waals surface area contributed by atoms with Crippen molar-refractivity contribution in [2.24, 2.45) is 0 Å². The molecule has 0 N–H and O–H groups in total. The first-order chi connectivity index (χ1) is 9.19. The largest absolute Gasteiger partial charge is 0.297 e. The van der Waals surface area contributed by atoms with Crippen molar-refractivity contribution >= 4 is 27.8 Å². The van der Waals surface area contributed by atoms with Gasteiger partial charge in [-0.3, -0.25) is 4.79 Å². The molecule has 0 fully saturated rings. The van der Waals surface area contributed by atoms with Gasteiger partial charge in [-0.15, -0.1) is 0 Å². The van der Waals surface area contributed by atoms with Gasteiger partial charge in [0, 0.05) is 0 Å². The number of hydrogen-bond acceptors (Lipinski definition) is 1. The van der Waals surface area contributed by atoms with Gasteiger partial charge in [-0.1, -0.05) is 45.9 Å². The molecule has 2 heteroatoms. The first-order valence-electron chi connectivity index (χ1n) is 7.16. The predicted octanol–water partition coefficient (Wildman–Crippen LogP) is 5.36. The third kappa shape index (κ3) is 2.63. The van der Waals surface area contributed by atoms with Crippen molar-refractivity contribution in [3.05, 3.63) is 39.4 Å². The molecule has 1 aromatic carbocycles. The van der Waals surface area contributed by atoms with Crippen LogP contribution >= 0.6 is 15.9 Å². The molecule has 1 aliphatic carbocycles. The van der Waals surface area contributed by atoms with Crippen LogP contribution in [0.3, 0.4) is 0 Å². The highest BCUT2D eigenvalue weighted by Gasteiger charge is 2.36. The summed E-state index contributed by atoms with van der Waals surface area (Å²) < 4.78 is 0.630. The van der Waals surface area contributed by atoms with Gasteiger partial charge in [-0.05, 0) is 68.8 Å². The highest BCUT2D eigenvalue weighted by Crippen LogP contribution is 2.46. The number of halogens is 1. The first kappa shape index (κ1) is 15.5. The van der Waals surface area contributed by atoms with Gasteiger partial charge in [0.15, 0.2) is 6.29 Å². The van der Waals surface area contributed by atoms with Crippen molar-refractivity contribution in [3.8, 4) is 0 Å². The molecule has 0 radical (unpaired) electrons.